The molecule has 0 bridgehead atoms. The molecule has 1 unspecified atom stereocenters. The first-order chi connectivity index (χ1) is 8.40. The number of aromatic nitrogens is 1. The first-order valence-corrected chi connectivity index (χ1v) is 6.57. The fourth-order valence-electron chi connectivity index (χ4n) is 2.01. The van der Waals surface area contributed by atoms with Crippen LogP contribution in [0.2, 0.25) is 0 Å². The Bertz CT molecular complexity index is 399. The first-order valence-electron chi connectivity index (χ1n) is 6.57. The number of esters is 1. The van der Waals surface area contributed by atoms with Gasteiger partial charge in [-0.05, 0) is 18.4 Å². The van der Waals surface area contributed by atoms with Crippen LogP contribution in [0.5, 0.6) is 0 Å². The van der Waals surface area contributed by atoms with Gasteiger partial charge >= 0.3 is 12.2 Å². The van der Waals surface area contributed by atoms with Gasteiger partial charge in [-0.2, -0.15) is 4.57 Å². The predicted octanol–water partition coefficient (Wildman–Crippen LogP) is 2.89. The predicted molar refractivity (Wildman–Crippen MR) is 70.8 cm³/mol. The van der Waals surface area contributed by atoms with E-state index in [4.69, 9.17) is 4.74 Å². The van der Waals surface area contributed by atoms with E-state index in [2.05, 4.69) is 40.0 Å². The zero-order chi connectivity index (χ0) is 13.7. The van der Waals surface area contributed by atoms with E-state index in [0.29, 0.717) is 5.92 Å². The highest BCUT2D eigenvalue weighted by Gasteiger charge is 2.25. The summed E-state index contributed by atoms with van der Waals surface area (Å²) < 4.78 is 7.37. The second kappa shape index (κ2) is 6.53. The van der Waals surface area contributed by atoms with E-state index in [1.54, 1.807) is 0 Å². The molecular weight excluding hydrogens is 226 g/mol. The Hall–Kier alpha value is -1.38. The van der Waals surface area contributed by atoms with Crippen LogP contribution in [0.15, 0.2) is 24.5 Å². The van der Waals surface area contributed by atoms with Gasteiger partial charge in [0.2, 0.25) is 0 Å². The SMILES string of the molecule is CC(=O)OC(C(C)C)[n+]1cccc(CC(C)C)c1. The summed E-state index contributed by atoms with van der Waals surface area (Å²) in [6.07, 6.45) is 4.84. The van der Waals surface area contributed by atoms with Gasteiger partial charge in [0.25, 0.3) is 0 Å². The van der Waals surface area contributed by atoms with Crippen molar-refractivity contribution in [2.75, 3.05) is 0 Å². The number of carbonyl (C=O) groups excluding carboxylic acids is 1. The van der Waals surface area contributed by atoms with E-state index in [9.17, 15) is 4.79 Å². The number of carbonyl (C=O) groups is 1. The average Bonchev–Trinajstić information content (AvgIpc) is 2.24. The zero-order valence-corrected chi connectivity index (χ0v) is 12.0. The molecule has 0 spiro atoms. The van der Waals surface area contributed by atoms with Crippen molar-refractivity contribution in [1.82, 2.24) is 0 Å². The molecule has 0 N–H and O–H groups in total. The summed E-state index contributed by atoms with van der Waals surface area (Å²) in [4.78, 5) is 11.2. The van der Waals surface area contributed by atoms with E-state index in [0.717, 1.165) is 6.42 Å². The van der Waals surface area contributed by atoms with E-state index >= 15 is 0 Å². The molecule has 0 aliphatic rings. The first kappa shape index (κ1) is 14.7. The van der Waals surface area contributed by atoms with Gasteiger partial charge in [-0.15, -0.1) is 0 Å². The number of pyridine rings is 1. The fraction of sp³-hybridized carbons (Fsp3) is 0.600. The molecule has 0 radical (unpaired) electrons. The molecule has 18 heavy (non-hydrogen) atoms. The zero-order valence-electron chi connectivity index (χ0n) is 12.0. The number of hydrogen-bond acceptors (Lipinski definition) is 2. The third-order valence-corrected chi connectivity index (χ3v) is 2.68. The van der Waals surface area contributed by atoms with Gasteiger partial charge in [-0.25, -0.2) is 0 Å². The summed E-state index contributed by atoms with van der Waals surface area (Å²) in [5.74, 6) is 0.621. The quantitative estimate of drug-likeness (QED) is 0.594. The Morgan fingerprint density at radius 3 is 2.50 bits per heavy atom. The lowest BCUT2D eigenvalue weighted by molar-refractivity contribution is -0.764. The van der Waals surface area contributed by atoms with Crippen LogP contribution < -0.4 is 4.57 Å². The topological polar surface area (TPSA) is 30.2 Å². The third-order valence-electron chi connectivity index (χ3n) is 2.68. The molecule has 100 valence electrons. The monoisotopic (exact) mass is 250 g/mol. The largest absolute Gasteiger partial charge is 0.402 e. The Morgan fingerprint density at radius 1 is 1.33 bits per heavy atom. The summed E-state index contributed by atoms with van der Waals surface area (Å²) in [6, 6.07) is 4.12. The Balaban J connectivity index is 2.94. The van der Waals surface area contributed by atoms with Crippen LogP contribution in [0.1, 0.15) is 46.4 Å². The molecule has 0 aliphatic carbocycles. The molecule has 0 fully saturated rings. The summed E-state index contributed by atoms with van der Waals surface area (Å²) in [7, 11) is 0. The van der Waals surface area contributed by atoms with Gasteiger partial charge in [0.1, 0.15) is 0 Å². The van der Waals surface area contributed by atoms with Crippen LogP contribution in [0.3, 0.4) is 0 Å². The van der Waals surface area contributed by atoms with Crippen LogP contribution in [0.25, 0.3) is 0 Å². The van der Waals surface area contributed by atoms with Crippen LogP contribution in [-0.4, -0.2) is 5.97 Å². The van der Waals surface area contributed by atoms with Gasteiger partial charge in [-0.1, -0.05) is 27.7 Å². The maximum atomic E-state index is 11.2. The van der Waals surface area contributed by atoms with Crippen molar-refractivity contribution in [3.8, 4) is 0 Å². The van der Waals surface area contributed by atoms with Crippen molar-refractivity contribution in [3.63, 3.8) is 0 Å². The van der Waals surface area contributed by atoms with Gasteiger partial charge in [0.05, 0.1) is 5.92 Å². The van der Waals surface area contributed by atoms with E-state index < -0.39 is 0 Å². The summed E-state index contributed by atoms with van der Waals surface area (Å²) in [5, 5.41) is 0. The van der Waals surface area contributed by atoms with E-state index in [1.807, 2.05) is 16.8 Å². The highest BCUT2D eigenvalue weighted by molar-refractivity contribution is 5.65. The maximum Gasteiger partial charge on any atom is 0.307 e. The highest BCUT2D eigenvalue weighted by Crippen LogP contribution is 2.14. The molecule has 0 amide bonds. The van der Waals surface area contributed by atoms with Crippen LogP contribution in [0, 0.1) is 11.8 Å². The molecular formula is C15H24NO2+. The van der Waals surface area contributed by atoms with Crippen molar-refractivity contribution in [2.24, 2.45) is 11.8 Å². The molecule has 1 rings (SSSR count). The molecule has 0 saturated carbocycles. The second-order valence-electron chi connectivity index (χ2n) is 5.50. The summed E-state index contributed by atoms with van der Waals surface area (Å²) in [5.41, 5.74) is 1.27. The Labute approximate surface area is 110 Å². The molecule has 1 atom stereocenters. The summed E-state index contributed by atoms with van der Waals surface area (Å²) >= 11 is 0. The number of rotatable bonds is 5. The standard InChI is InChI=1S/C15H24NO2/c1-11(2)9-14-7-6-8-16(10-14)15(12(3)4)18-13(5)17/h6-8,10-12,15H,9H2,1-5H3/q+1. The third kappa shape index (κ3) is 4.47. The van der Waals surface area contributed by atoms with Crippen LogP contribution >= 0.6 is 0 Å². The molecule has 0 aromatic carbocycles. The minimum absolute atomic E-state index is 0.227. The van der Waals surface area contributed by atoms with Gasteiger partial charge in [0, 0.05) is 18.6 Å². The highest BCUT2D eigenvalue weighted by atomic mass is 16.6. The second-order valence-corrected chi connectivity index (χ2v) is 5.50. The van der Waals surface area contributed by atoms with Crippen molar-refractivity contribution >= 4 is 5.97 Å². The molecule has 0 aliphatic heterocycles. The lowest BCUT2D eigenvalue weighted by atomic mass is 10.0. The maximum absolute atomic E-state index is 11.2. The number of nitrogens with zero attached hydrogens (tertiary/aromatic N) is 1. The molecule has 3 nitrogen and oxygen atoms in total. The summed E-state index contributed by atoms with van der Waals surface area (Å²) in [6.45, 7) is 9.95. The molecule has 1 aromatic heterocycles. The van der Waals surface area contributed by atoms with Gasteiger partial charge in [-0.3, -0.25) is 4.79 Å². The molecule has 0 saturated heterocycles. The smallest absolute Gasteiger partial charge is 0.307 e. The van der Waals surface area contributed by atoms with Crippen molar-refractivity contribution in [3.05, 3.63) is 30.1 Å². The lowest BCUT2D eigenvalue weighted by Crippen LogP contribution is -2.44. The van der Waals surface area contributed by atoms with Crippen molar-refractivity contribution in [2.45, 2.75) is 47.3 Å². The molecule has 1 heterocycles. The fourth-order valence-corrected chi connectivity index (χ4v) is 2.01. The van der Waals surface area contributed by atoms with Crippen LogP contribution in [-0.2, 0) is 16.0 Å². The molecule has 3 heteroatoms. The minimum Gasteiger partial charge on any atom is -0.402 e. The van der Waals surface area contributed by atoms with Crippen LogP contribution in [0.4, 0.5) is 0 Å². The van der Waals surface area contributed by atoms with Crippen molar-refractivity contribution in [1.29, 1.82) is 0 Å². The lowest BCUT2D eigenvalue weighted by Gasteiger charge is -2.16. The number of hydrogen-bond donors (Lipinski definition) is 0. The van der Waals surface area contributed by atoms with Crippen molar-refractivity contribution < 1.29 is 14.1 Å². The van der Waals surface area contributed by atoms with E-state index in [1.165, 1.54) is 12.5 Å². The molecule has 1 aromatic rings. The van der Waals surface area contributed by atoms with Gasteiger partial charge in [0.15, 0.2) is 12.4 Å². The van der Waals surface area contributed by atoms with Gasteiger partial charge < -0.3 is 4.74 Å². The Morgan fingerprint density at radius 2 is 2.00 bits per heavy atom. The van der Waals surface area contributed by atoms with E-state index in [-0.39, 0.29) is 18.1 Å². The normalized spacial score (nSPS) is 12.8. The minimum atomic E-state index is -0.240. The number of ether oxygens (including phenoxy) is 1. The average molecular weight is 250 g/mol. The Kier molecular flexibility index (Phi) is 5.32.